The Labute approximate surface area is 129 Å². The number of likely N-dealkylation sites (tertiary alicyclic amines) is 1. The van der Waals surface area contributed by atoms with E-state index in [1.54, 1.807) is 6.07 Å². The molecule has 0 radical (unpaired) electrons. The maximum atomic E-state index is 14.0. The van der Waals surface area contributed by atoms with E-state index >= 15 is 0 Å². The Bertz CT molecular complexity index is 546. The van der Waals surface area contributed by atoms with Crippen LogP contribution in [0.25, 0.3) is 0 Å². The number of rotatable bonds is 4. The quantitative estimate of drug-likeness (QED) is 0.914. The van der Waals surface area contributed by atoms with Crippen LogP contribution in [0.3, 0.4) is 0 Å². The van der Waals surface area contributed by atoms with E-state index in [0.29, 0.717) is 19.0 Å². The topological polar surface area (TPSA) is 50.8 Å². The molecule has 120 valence electrons. The van der Waals surface area contributed by atoms with Gasteiger partial charge >= 0.3 is 0 Å². The van der Waals surface area contributed by atoms with Gasteiger partial charge < -0.3 is 14.8 Å². The smallest absolute Gasteiger partial charge is 0.254 e. The SMILES string of the molecule is COc1ccc(C(=O)N[C@H]2COC[C@@H]2N2CCCC2)c(F)c1. The summed E-state index contributed by atoms with van der Waals surface area (Å²) in [5.74, 6) is -0.582. The van der Waals surface area contributed by atoms with Gasteiger partial charge in [-0.1, -0.05) is 0 Å². The molecule has 2 aliphatic heterocycles. The Morgan fingerprint density at radius 1 is 1.36 bits per heavy atom. The number of ether oxygens (including phenoxy) is 2. The lowest BCUT2D eigenvalue weighted by atomic mass is 10.1. The molecular formula is C16H21FN2O3. The van der Waals surface area contributed by atoms with Crippen LogP contribution in [0.2, 0.25) is 0 Å². The summed E-state index contributed by atoms with van der Waals surface area (Å²) < 4.78 is 24.4. The fourth-order valence-corrected chi connectivity index (χ4v) is 3.17. The molecule has 0 unspecified atom stereocenters. The largest absolute Gasteiger partial charge is 0.497 e. The van der Waals surface area contributed by atoms with Gasteiger partial charge in [0, 0.05) is 6.07 Å². The molecule has 0 aromatic heterocycles. The van der Waals surface area contributed by atoms with Crippen molar-refractivity contribution < 1.29 is 18.7 Å². The summed E-state index contributed by atoms with van der Waals surface area (Å²) in [6, 6.07) is 4.35. The standard InChI is InChI=1S/C16H21FN2O3/c1-21-11-4-5-12(13(17)8-11)16(20)18-14-9-22-10-15(14)19-6-2-3-7-19/h4-5,8,14-15H,2-3,6-7,9-10H2,1H3,(H,18,20)/t14-,15-/m0/s1. The van der Waals surface area contributed by atoms with Crippen LogP contribution in [-0.2, 0) is 4.74 Å². The predicted molar refractivity (Wildman–Crippen MR) is 79.6 cm³/mol. The number of nitrogens with zero attached hydrogens (tertiary/aromatic N) is 1. The predicted octanol–water partition coefficient (Wildman–Crippen LogP) is 1.43. The Balaban J connectivity index is 1.68. The fraction of sp³-hybridized carbons (Fsp3) is 0.562. The van der Waals surface area contributed by atoms with Gasteiger partial charge in [-0.25, -0.2) is 4.39 Å². The molecule has 2 aliphatic rings. The highest BCUT2D eigenvalue weighted by atomic mass is 19.1. The Kier molecular flexibility index (Phi) is 4.59. The number of carbonyl (C=O) groups is 1. The molecule has 6 heteroatoms. The molecule has 1 aromatic carbocycles. The van der Waals surface area contributed by atoms with Crippen molar-refractivity contribution in [1.29, 1.82) is 0 Å². The van der Waals surface area contributed by atoms with E-state index in [4.69, 9.17) is 9.47 Å². The first kappa shape index (κ1) is 15.2. The van der Waals surface area contributed by atoms with Gasteiger partial charge in [-0.3, -0.25) is 9.69 Å². The van der Waals surface area contributed by atoms with Crippen molar-refractivity contribution in [3.05, 3.63) is 29.6 Å². The van der Waals surface area contributed by atoms with E-state index in [1.165, 1.54) is 32.1 Å². The minimum atomic E-state index is -0.575. The summed E-state index contributed by atoms with van der Waals surface area (Å²) >= 11 is 0. The van der Waals surface area contributed by atoms with Crippen LogP contribution in [0.15, 0.2) is 18.2 Å². The van der Waals surface area contributed by atoms with Crippen molar-refractivity contribution in [3.8, 4) is 5.75 Å². The molecule has 1 amide bonds. The molecule has 1 aromatic rings. The van der Waals surface area contributed by atoms with Gasteiger partial charge in [0.25, 0.3) is 5.91 Å². The molecular weight excluding hydrogens is 287 g/mol. The van der Waals surface area contributed by atoms with Crippen molar-refractivity contribution in [2.24, 2.45) is 0 Å². The molecule has 2 atom stereocenters. The minimum Gasteiger partial charge on any atom is -0.497 e. The van der Waals surface area contributed by atoms with Crippen LogP contribution >= 0.6 is 0 Å². The lowest BCUT2D eigenvalue weighted by Gasteiger charge is -2.27. The third kappa shape index (κ3) is 3.08. The molecule has 1 N–H and O–H groups in total. The Morgan fingerprint density at radius 3 is 2.82 bits per heavy atom. The Hall–Kier alpha value is -1.66. The van der Waals surface area contributed by atoms with Crippen LogP contribution in [0.1, 0.15) is 23.2 Å². The van der Waals surface area contributed by atoms with Gasteiger partial charge in [-0.15, -0.1) is 0 Å². The number of benzene rings is 1. The van der Waals surface area contributed by atoms with Gasteiger partial charge in [0.15, 0.2) is 0 Å². The molecule has 0 saturated carbocycles. The number of hydrogen-bond acceptors (Lipinski definition) is 4. The van der Waals surface area contributed by atoms with E-state index in [9.17, 15) is 9.18 Å². The molecule has 0 bridgehead atoms. The minimum absolute atomic E-state index is 0.0351. The first-order valence-corrected chi connectivity index (χ1v) is 7.65. The second-order valence-electron chi connectivity index (χ2n) is 5.77. The summed E-state index contributed by atoms with van der Waals surface area (Å²) in [5.41, 5.74) is 0.0351. The van der Waals surface area contributed by atoms with Crippen molar-refractivity contribution >= 4 is 5.91 Å². The van der Waals surface area contributed by atoms with E-state index in [-0.39, 0.29) is 17.6 Å². The molecule has 2 heterocycles. The zero-order valence-corrected chi connectivity index (χ0v) is 12.7. The number of hydrogen-bond donors (Lipinski definition) is 1. The second-order valence-corrected chi connectivity index (χ2v) is 5.77. The van der Waals surface area contributed by atoms with Crippen molar-refractivity contribution in [1.82, 2.24) is 10.2 Å². The number of nitrogens with one attached hydrogen (secondary N) is 1. The zero-order valence-electron chi connectivity index (χ0n) is 12.7. The van der Waals surface area contributed by atoms with E-state index in [0.717, 1.165) is 13.1 Å². The van der Waals surface area contributed by atoms with Gasteiger partial charge in [0.2, 0.25) is 0 Å². The number of halogens is 1. The third-order valence-electron chi connectivity index (χ3n) is 4.40. The normalized spacial score (nSPS) is 25.4. The maximum Gasteiger partial charge on any atom is 0.254 e. The monoisotopic (exact) mass is 308 g/mol. The second kappa shape index (κ2) is 6.62. The van der Waals surface area contributed by atoms with Crippen LogP contribution in [0.5, 0.6) is 5.75 Å². The lowest BCUT2D eigenvalue weighted by molar-refractivity contribution is 0.0912. The van der Waals surface area contributed by atoms with Gasteiger partial charge in [0.1, 0.15) is 11.6 Å². The van der Waals surface area contributed by atoms with Crippen LogP contribution in [-0.4, -0.2) is 56.3 Å². The first-order valence-electron chi connectivity index (χ1n) is 7.65. The number of methoxy groups -OCH3 is 1. The average Bonchev–Trinajstić information content (AvgIpc) is 3.17. The molecule has 22 heavy (non-hydrogen) atoms. The summed E-state index contributed by atoms with van der Waals surface area (Å²) in [6.07, 6.45) is 2.37. The van der Waals surface area contributed by atoms with Crippen molar-refractivity contribution in [2.75, 3.05) is 33.4 Å². The highest BCUT2D eigenvalue weighted by Gasteiger charge is 2.35. The molecule has 2 fully saturated rings. The van der Waals surface area contributed by atoms with Crippen molar-refractivity contribution in [3.63, 3.8) is 0 Å². The van der Waals surface area contributed by atoms with Crippen LogP contribution in [0.4, 0.5) is 4.39 Å². The van der Waals surface area contributed by atoms with Gasteiger partial charge in [-0.05, 0) is 38.1 Å². The maximum absolute atomic E-state index is 14.0. The number of carbonyl (C=O) groups excluding carboxylic acids is 1. The summed E-state index contributed by atoms with van der Waals surface area (Å²) in [6.45, 7) is 3.18. The highest BCUT2D eigenvalue weighted by Crippen LogP contribution is 2.20. The molecule has 3 rings (SSSR count). The highest BCUT2D eigenvalue weighted by molar-refractivity contribution is 5.94. The molecule has 0 spiro atoms. The fourth-order valence-electron chi connectivity index (χ4n) is 3.17. The first-order chi connectivity index (χ1) is 10.7. The summed E-state index contributed by atoms with van der Waals surface area (Å²) in [5, 5.41) is 2.91. The number of amides is 1. The van der Waals surface area contributed by atoms with E-state index in [1.807, 2.05) is 0 Å². The summed E-state index contributed by atoms with van der Waals surface area (Å²) in [4.78, 5) is 14.7. The third-order valence-corrected chi connectivity index (χ3v) is 4.40. The zero-order chi connectivity index (χ0) is 15.5. The van der Waals surface area contributed by atoms with Crippen molar-refractivity contribution in [2.45, 2.75) is 24.9 Å². The molecule has 2 saturated heterocycles. The molecule has 5 nitrogen and oxygen atoms in total. The Morgan fingerprint density at radius 2 is 2.14 bits per heavy atom. The van der Waals surface area contributed by atoms with Crippen LogP contribution in [0, 0.1) is 5.82 Å². The van der Waals surface area contributed by atoms with Gasteiger partial charge in [0.05, 0.1) is 38.0 Å². The molecule has 0 aliphatic carbocycles. The lowest BCUT2D eigenvalue weighted by Crippen LogP contribution is -2.50. The average molecular weight is 308 g/mol. The van der Waals surface area contributed by atoms with E-state index in [2.05, 4.69) is 10.2 Å². The van der Waals surface area contributed by atoms with Gasteiger partial charge in [-0.2, -0.15) is 0 Å². The van der Waals surface area contributed by atoms with E-state index < -0.39 is 11.7 Å². The summed E-state index contributed by atoms with van der Waals surface area (Å²) in [7, 11) is 1.46. The van der Waals surface area contributed by atoms with Crippen LogP contribution < -0.4 is 10.1 Å².